The molecule has 0 bridgehead atoms. The van der Waals surface area contributed by atoms with Gasteiger partial charge in [-0.3, -0.25) is 4.79 Å². The van der Waals surface area contributed by atoms with Gasteiger partial charge in [-0.25, -0.2) is 13.4 Å². The van der Waals surface area contributed by atoms with Crippen molar-refractivity contribution < 1.29 is 13.2 Å². The fourth-order valence-corrected chi connectivity index (χ4v) is 5.72. The summed E-state index contributed by atoms with van der Waals surface area (Å²) in [6.45, 7) is 2.26. The third-order valence-corrected chi connectivity index (χ3v) is 7.91. The Hall–Kier alpha value is -1.00. The third kappa shape index (κ3) is 6.03. The number of halogens is 1. The molecule has 25 heavy (non-hydrogen) atoms. The standard InChI is InChI=1S/C15H20ClN3O3S3/c1-11-10-23-14(18-11)5-3-4-8-17-13(20)9-19(2)25(21,22)15-7-6-12(16)24-15/h6-7,10H,3-5,8-9H2,1-2H3,(H,17,20). The van der Waals surface area contributed by atoms with E-state index in [9.17, 15) is 13.2 Å². The fraction of sp³-hybridized carbons (Fsp3) is 0.467. The van der Waals surface area contributed by atoms with E-state index < -0.39 is 10.0 Å². The molecule has 0 radical (unpaired) electrons. The molecule has 0 aliphatic rings. The predicted molar refractivity (Wildman–Crippen MR) is 102 cm³/mol. The Labute approximate surface area is 160 Å². The van der Waals surface area contributed by atoms with Gasteiger partial charge in [-0.05, 0) is 38.3 Å². The van der Waals surface area contributed by atoms with Crippen LogP contribution < -0.4 is 5.32 Å². The molecule has 6 nitrogen and oxygen atoms in total. The van der Waals surface area contributed by atoms with Crippen LogP contribution in [0.3, 0.4) is 0 Å². The molecule has 2 aromatic rings. The summed E-state index contributed by atoms with van der Waals surface area (Å²) in [5.74, 6) is -0.321. The van der Waals surface area contributed by atoms with Gasteiger partial charge in [0.25, 0.3) is 10.0 Å². The van der Waals surface area contributed by atoms with E-state index in [1.165, 1.54) is 19.2 Å². The maximum absolute atomic E-state index is 12.3. The van der Waals surface area contributed by atoms with Gasteiger partial charge in [0, 0.05) is 24.7 Å². The topological polar surface area (TPSA) is 79.4 Å². The van der Waals surface area contributed by atoms with E-state index in [4.69, 9.17) is 11.6 Å². The number of hydrogen-bond acceptors (Lipinski definition) is 6. The average molecular weight is 422 g/mol. The first-order chi connectivity index (χ1) is 11.8. The van der Waals surface area contributed by atoms with E-state index >= 15 is 0 Å². The number of carbonyl (C=O) groups is 1. The second kappa shape index (κ2) is 9.09. The first-order valence-corrected chi connectivity index (χ1v) is 11.2. The number of nitrogens with zero attached hydrogens (tertiary/aromatic N) is 2. The number of aryl methyl sites for hydroxylation is 2. The number of thiazole rings is 1. The number of unbranched alkanes of at least 4 members (excludes halogenated alkanes) is 1. The molecule has 2 heterocycles. The van der Waals surface area contributed by atoms with E-state index in [-0.39, 0.29) is 16.7 Å². The van der Waals surface area contributed by atoms with Crippen molar-refractivity contribution in [2.75, 3.05) is 20.1 Å². The number of aromatic nitrogens is 1. The molecular formula is C15H20ClN3O3S3. The number of likely N-dealkylation sites (N-methyl/N-ethyl adjacent to an activating group) is 1. The highest BCUT2D eigenvalue weighted by Crippen LogP contribution is 2.27. The number of nitrogens with one attached hydrogen (secondary N) is 1. The molecule has 10 heteroatoms. The minimum atomic E-state index is -3.68. The molecule has 0 saturated heterocycles. The normalized spacial score (nSPS) is 11.8. The molecule has 2 rings (SSSR count). The lowest BCUT2D eigenvalue weighted by atomic mass is 10.2. The van der Waals surface area contributed by atoms with E-state index in [1.54, 1.807) is 11.3 Å². The number of amides is 1. The van der Waals surface area contributed by atoms with Crippen LogP contribution in [0.1, 0.15) is 23.5 Å². The second-order valence-electron chi connectivity index (χ2n) is 5.51. The van der Waals surface area contributed by atoms with Crippen LogP contribution in [-0.4, -0.2) is 43.8 Å². The summed E-state index contributed by atoms with van der Waals surface area (Å²) >= 11 is 8.39. The Balaban J connectivity index is 1.70. The molecule has 0 spiro atoms. The Morgan fingerprint density at radius 2 is 2.12 bits per heavy atom. The monoisotopic (exact) mass is 421 g/mol. The molecule has 1 amide bonds. The molecule has 0 fully saturated rings. The van der Waals surface area contributed by atoms with Crippen LogP contribution in [-0.2, 0) is 21.2 Å². The Kier molecular flexibility index (Phi) is 7.38. The largest absolute Gasteiger partial charge is 0.355 e. The Morgan fingerprint density at radius 3 is 2.72 bits per heavy atom. The number of sulfonamides is 1. The van der Waals surface area contributed by atoms with Gasteiger partial charge in [-0.15, -0.1) is 22.7 Å². The number of carbonyl (C=O) groups excluding carboxylic acids is 1. The number of rotatable bonds is 9. The Bertz CT molecular complexity index is 817. The highest BCUT2D eigenvalue weighted by Gasteiger charge is 2.24. The SMILES string of the molecule is Cc1csc(CCCCNC(=O)CN(C)S(=O)(=O)c2ccc(Cl)s2)n1. The summed E-state index contributed by atoms with van der Waals surface area (Å²) in [6.07, 6.45) is 2.64. The fourth-order valence-electron chi connectivity index (χ4n) is 2.08. The molecule has 0 saturated carbocycles. The van der Waals surface area contributed by atoms with Gasteiger partial charge in [0.05, 0.1) is 15.9 Å². The first-order valence-electron chi connectivity index (χ1n) is 7.68. The van der Waals surface area contributed by atoms with Crippen LogP contribution in [0.25, 0.3) is 0 Å². The van der Waals surface area contributed by atoms with Gasteiger partial charge in [-0.2, -0.15) is 4.31 Å². The predicted octanol–water partition coefficient (Wildman–Crippen LogP) is 2.93. The van der Waals surface area contributed by atoms with Gasteiger partial charge < -0.3 is 5.32 Å². The lowest BCUT2D eigenvalue weighted by Gasteiger charge is -2.15. The van der Waals surface area contributed by atoms with E-state index in [1.807, 2.05) is 12.3 Å². The van der Waals surface area contributed by atoms with Crippen LogP contribution in [0.5, 0.6) is 0 Å². The maximum atomic E-state index is 12.3. The van der Waals surface area contributed by atoms with Crippen molar-refractivity contribution in [3.8, 4) is 0 Å². The highest BCUT2D eigenvalue weighted by atomic mass is 35.5. The van der Waals surface area contributed by atoms with Gasteiger partial charge in [-0.1, -0.05) is 11.6 Å². The first kappa shape index (κ1) is 20.3. The van der Waals surface area contributed by atoms with Crippen molar-refractivity contribution >= 4 is 50.2 Å². The van der Waals surface area contributed by atoms with Crippen LogP contribution in [0.2, 0.25) is 4.34 Å². The summed E-state index contributed by atoms with van der Waals surface area (Å²) in [6, 6.07) is 2.97. The summed E-state index contributed by atoms with van der Waals surface area (Å²) in [5, 5.41) is 5.87. The molecule has 0 atom stereocenters. The van der Waals surface area contributed by atoms with Crippen molar-refractivity contribution in [3.05, 3.63) is 32.6 Å². The summed E-state index contributed by atoms with van der Waals surface area (Å²) in [7, 11) is -2.30. The molecule has 138 valence electrons. The molecule has 0 unspecified atom stereocenters. The van der Waals surface area contributed by atoms with Crippen LogP contribution >= 0.6 is 34.3 Å². The van der Waals surface area contributed by atoms with Gasteiger partial charge in [0.15, 0.2) is 0 Å². The minimum Gasteiger partial charge on any atom is -0.355 e. The molecule has 0 aliphatic heterocycles. The zero-order valence-corrected chi connectivity index (χ0v) is 17.2. The van der Waals surface area contributed by atoms with E-state index in [0.29, 0.717) is 10.9 Å². The molecular weight excluding hydrogens is 402 g/mol. The minimum absolute atomic E-state index is 0.131. The quantitative estimate of drug-likeness (QED) is 0.631. The summed E-state index contributed by atoms with van der Waals surface area (Å²) < 4.78 is 26.2. The second-order valence-corrected chi connectivity index (χ2v) is 10.4. The number of thiophene rings is 1. The van der Waals surface area contributed by atoms with E-state index in [0.717, 1.165) is 45.6 Å². The van der Waals surface area contributed by atoms with Gasteiger partial charge in [0.2, 0.25) is 5.91 Å². The lowest BCUT2D eigenvalue weighted by molar-refractivity contribution is -0.121. The molecule has 2 aromatic heterocycles. The Morgan fingerprint density at radius 1 is 1.36 bits per heavy atom. The zero-order valence-electron chi connectivity index (χ0n) is 14.0. The average Bonchev–Trinajstić information content (AvgIpc) is 3.15. The summed E-state index contributed by atoms with van der Waals surface area (Å²) in [5.41, 5.74) is 1.03. The third-order valence-electron chi connectivity index (χ3n) is 3.39. The highest BCUT2D eigenvalue weighted by molar-refractivity contribution is 7.91. The van der Waals surface area contributed by atoms with E-state index in [2.05, 4.69) is 10.3 Å². The summed E-state index contributed by atoms with van der Waals surface area (Å²) in [4.78, 5) is 16.3. The van der Waals surface area contributed by atoms with Crippen LogP contribution in [0.4, 0.5) is 0 Å². The van der Waals surface area contributed by atoms with Crippen LogP contribution in [0, 0.1) is 6.92 Å². The van der Waals surface area contributed by atoms with Crippen molar-refractivity contribution in [1.82, 2.24) is 14.6 Å². The van der Waals surface area contributed by atoms with Gasteiger partial charge >= 0.3 is 0 Å². The van der Waals surface area contributed by atoms with Crippen molar-refractivity contribution in [3.63, 3.8) is 0 Å². The maximum Gasteiger partial charge on any atom is 0.252 e. The van der Waals surface area contributed by atoms with Crippen molar-refractivity contribution in [2.24, 2.45) is 0 Å². The zero-order chi connectivity index (χ0) is 18.4. The number of hydrogen-bond donors (Lipinski definition) is 1. The lowest BCUT2D eigenvalue weighted by Crippen LogP contribution is -2.38. The molecule has 0 aliphatic carbocycles. The van der Waals surface area contributed by atoms with Crippen LogP contribution in [0.15, 0.2) is 21.7 Å². The molecule has 0 aromatic carbocycles. The van der Waals surface area contributed by atoms with Crippen molar-refractivity contribution in [1.29, 1.82) is 0 Å². The van der Waals surface area contributed by atoms with Gasteiger partial charge in [0.1, 0.15) is 4.21 Å². The smallest absolute Gasteiger partial charge is 0.252 e. The molecule has 1 N–H and O–H groups in total. The van der Waals surface area contributed by atoms with Crippen molar-refractivity contribution in [2.45, 2.75) is 30.4 Å².